The van der Waals surface area contributed by atoms with Crippen molar-refractivity contribution >= 4 is 34.6 Å². The quantitative estimate of drug-likeness (QED) is 0.748. The van der Waals surface area contributed by atoms with Crippen LogP contribution < -0.4 is 19.9 Å². The minimum absolute atomic E-state index is 0.861. The maximum atomic E-state index is 6.04. The molecule has 1 heterocycles. The predicted molar refractivity (Wildman–Crippen MR) is 97.8 cm³/mol. The highest BCUT2D eigenvalue weighted by Gasteiger charge is 2.17. The van der Waals surface area contributed by atoms with E-state index >= 15 is 0 Å². The van der Waals surface area contributed by atoms with Crippen LogP contribution in [0.1, 0.15) is 0 Å². The van der Waals surface area contributed by atoms with Crippen LogP contribution >= 0.6 is 11.9 Å². The molecule has 0 spiro atoms. The summed E-state index contributed by atoms with van der Waals surface area (Å²) in [5, 5.41) is 3.41. The van der Waals surface area contributed by atoms with Gasteiger partial charge in [-0.25, -0.2) is 0 Å². The summed E-state index contributed by atoms with van der Waals surface area (Å²) in [6.45, 7) is 0. The van der Waals surface area contributed by atoms with Crippen molar-refractivity contribution in [3.8, 4) is 11.5 Å². The summed E-state index contributed by atoms with van der Waals surface area (Å²) in [7, 11) is 9.49. The number of rotatable bonds is 2. The number of hydrogen-bond donors (Lipinski definition) is 1. The molecule has 1 N–H and O–H groups in total. The van der Waals surface area contributed by atoms with Crippen molar-refractivity contribution in [1.29, 1.82) is 0 Å². The Labute approximate surface area is 142 Å². The molecule has 124 valence electrons. The lowest BCUT2D eigenvalue weighted by Gasteiger charge is -2.25. The van der Waals surface area contributed by atoms with Crippen molar-refractivity contribution in [1.82, 2.24) is 0 Å². The first-order valence-electron chi connectivity index (χ1n) is 7.18. The molecule has 0 aromatic heterocycles. The minimum atomic E-state index is 0.861. The van der Waals surface area contributed by atoms with Gasteiger partial charge in [0.15, 0.2) is 11.5 Å². The van der Waals surface area contributed by atoms with Crippen LogP contribution in [0.2, 0.25) is 0 Å². The zero-order valence-corrected chi connectivity index (χ0v) is 14.8. The maximum absolute atomic E-state index is 6.04. The summed E-state index contributed by atoms with van der Waals surface area (Å²) >= 11 is 4.50. The molecule has 2 aromatic carbocycles. The lowest BCUT2D eigenvalue weighted by molar-refractivity contribution is 0.463. The molecule has 0 saturated carbocycles. The number of halogens is 1. The first-order valence-corrected chi connectivity index (χ1v) is 7.49. The number of nitrogens with zero attached hydrogens (tertiary/aromatic N) is 2. The Hall–Kier alpha value is -2.11. The molecule has 5 nitrogen and oxygen atoms in total. The van der Waals surface area contributed by atoms with E-state index in [1.54, 1.807) is 0 Å². The Morgan fingerprint density at radius 2 is 1.26 bits per heavy atom. The third-order valence-corrected chi connectivity index (χ3v) is 3.45. The van der Waals surface area contributed by atoms with Gasteiger partial charge in [0.05, 0.1) is 30.4 Å². The second kappa shape index (κ2) is 7.44. The van der Waals surface area contributed by atoms with Crippen LogP contribution in [0.15, 0.2) is 36.4 Å². The molecule has 1 aliphatic rings. The highest BCUT2D eigenvalue weighted by atomic mass is 35.5. The zero-order chi connectivity index (χ0) is 17.0. The molecule has 23 heavy (non-hydrogen) atoms. The van der Waals surface area contributed by atoms with Crippen LogP contribution in [0, 0.1) is 0 Å². The lowest BCUT2D eigenvalue weighted by atomic mass is 10.1. The van der Waals surface area contributed by atoms with Crippen LogP contribution in [0.25, 0.3) is 0 Å². The zero-order valence-electron chi connectivity index (χ0n) is 14.1. The standard InChI is InChI=1S/C16H19N3O.CH3ClO/c1-18(2)11-5-7-13-15(9-11)20-16-10-12(19(3)4)6-8-14(16)17-13;1-3-2/h5-10,17H,1-4H3;1H3. The number of nitrogens with one attached hydrogen (secondary N) is 1. The topological polar surface area (TPSA) is 37.0 Å². The Kier molecular flexibility index (Phi) is 5.58. The summed E-state index contributed by atoms with van der Waals surface area (Å²) in [4.78, 5) is 4.13. The van der Waals surface area contributed by atoms with Gasteiger partial charge in [-0.1, -0.05) is 0 Å². The molecule has 0 unspecified atom stereocenters. The largest absolute Gasteiger partial charge is 0.453 e. The monoisotopic (exact) mass is 335 g/mol. The molecule has 3 rings (SSSR count). The third-order valence-electron chi connectivity index (χ3n) is 3.45. The highest BCUT2D eigenvalue weighted by molar-refractivity contribution is 6.07. The lowest BCUT2D eigenvalue weighted by Crippen LogP contribution is -2.11. The number of hydrogen-bond acceptors (Lipinski definition) is 5. The van der Waals surface area contributed by atoms with Gasteiger partial charge >= 0.3 is 0 Å². The SMILES string of the molecule is CN(C)c1ccc2c(c1)Oc1cc(N(C)C)ccc1N2.COCl. The smallest absolute Gasteiger partial charge is 0.153 e. The van der Waals surface area contributed by atoms with Crippen molar-refractivity contribution in [2.75, 3.05) is 50.4 Å². The molecule has 6 heteroatoms. The van der Waals surface area contributed by atoms with Gasteiger partial charge in [-0.15, -0.1) is 0 Å². The van der Waals surface area contributed by atoms with Gasteiger partial charge < -0.3 is 19.9 Å². The van der Waals surface area contributed by atoms with Gasteiger partial charge in [-0.2, -0.15) is 0 Å². The molecular formula is C17H22ClN3O2. The maximum Gasteiger partial charge on any atom is 0.153 e. The van der Waals surface area contributed by atoms with Gasteiger partial charge in [-0.3, -0.25) is 4.29 Å². The van der Waals surface area contributed by atoms with Gasteiger partial charge in [0, 0.05) is 51.7 Å². The van der Waals surface area contributed by atoms with Crippen molar-refractivity contribution in [3.63, 3.8) is 0 Å². The van der Waals surface area contributed by atoms with E-state index in [1.807, 2.05) is 52.5 Å². The molecule has 0 saturated heterocycles. The Balaban J connectivity index is 0.000000595. The van der Waals surface area contributed by atoms with Crippen molar-refractivity contribution < 1.29 is 9.03 Å². The fourth-order valence-electron chi connectivity index (χ4n) is 2.22. The number of fused-ring (bicyclic) bond motifs is 2. The first-order chi connectivity index (χ1) is 11.0. The summed E-state index contributed by atoms with van der Waals surface area (Å²) in [6, 6.07) is 12.4. The molecule has 0 aliphatic carbocycles. The predicted octanol–water partition coefficient (Wildman–Crippen LogP) is 4.45. The fraction of sp³-hybridized carbons (Fsp3) is 0.294. The van der Waals surface area contributed by atoms with Crippen molar-refractivity contribution in [2.45, 2.75) is 0 Å². The van der Waals surface area contributed by atoms with Crippen LogP contribution in [0.4, 0.5) is 22.7 Å². The van der Waals surface area contributed by atoms with Gasteiger partial charge in [0.2, 0.25) is 0 Å². The summed E-state index contributed by atoms with van der Waals surface area (Å²) in [5.74, 6) is 1.72. The van der Waals surface area contributed by atoms with Gasteiger partial charge in [0.1, 0.15) is 0 Å². The van der Waals surface area contributed by atoms with E-state index < -0.39 is 0 Å². The summed E-state index contributed by atoms with van der Waals surface area (Å²) < 4.78 is 9.77. The average Bonchev–Trinajstić information content (AvgIpc) is 2.52. The minimum Gasteiger partial charge on any atom is -0.453 e. The van der Waals surface area contributed by atoms with E-state index in [0.717, 1.165) is 34.2 Å². The average molecular weight is 336 g/mol. The Morgan fingerprint density at radius 3 is 1.61 bits per heavy atom. The second-order valence-corrected chi connectivity index (χ2v) is 5.84. The number of ether oxygens (including phenoxy) is 1. The highest BCUT2D eigenvalue weighted by Crippen LogP contribution is 2.44. The molecule has 0 fully saturated rings. The molecule has 0 radical (unpaired) electrons. The van der Waals surface area contributed by atoms with E-state index in [4.69, 9.17) is 4.74 Å². The van der Waals surface area contributed by atoms with Gasteiger partial charge in [0.25, 0.3) is 0 Å². The van der Waals surface area contributed by atoms with Crippen LogP contribution in [0.5, 0.6) is 11.5 Å². The first kappa shape index (κ1) is 17.2. The van der Waals surface area contributed by atoms with Crippen LogP contribution in [0.3, 0.4) is 0 Å². The van der Waals surface area contributed by atoms with Gasteiger partial charge in [-0.05, 0) is 24.3 Å². The second-order valence-electron chi connectivity index (χ2n) is 5.53. The molecular weight excluding hydrogens is 314 g/mol. The van der Waals surface area contributed by atoms with Crippen LogP contribution in [-0.4, -0.2) is 35.3 Å². The van der Waals surface area contributed by atoms with Crippen LogP contribution in [-0.2, 0) is 4.29 Å². The molecule has 1 aliphatic heterocycles. The van der Waals surface area contributed by atoms with E-state index in [-0.39, 0.29) is 0 Å². The molecule has 2 aromatic rings. The van der Waals surface area contributed by atoms with E-state index in [9.17, 15) is 0 Å². The fourth-order valence-corrected chi connectivity index (χ4v) is 2.22. The number of benzene rings is 2. The molecule has 0 bridgehead atoms. The van der Waals surface area contributed by atoms with Crippen molar-refractivity contribution in [3.05, 3.63) is 36.4 Å². The summed E-state index contributed by atoms with van der Waals surface area (Å²) in [5.41, 5.74) is 4.25. The normalized spacial score (nSPS) is 11.0. The molecule has 0 atom stereocenters. The Bertz CT molecular complexity index is 619. The summed E-state index contributed by atoms with van der Waals surface area (Å²) in [6.07, 6.45) is 0. The van der Waals surface area contributed by atoms with E-state index in [0.29, 0.717) is 0 Å². The Morgan fingerprint density at radius 1 is 0.870 bits per heavy atom. The van der Waals surface area contributed by atoms with E-state index in [1.165, 1.54) is 7.11 Å². The third kappa shape index (κ3) is 4.00. The molecule has 0 amide bonds. The van der Waals surface area contributed by atoms with Crippen molar-refractivity contribution in [2.24, 2.45) is 0 Å². The number of anilines is 4. The van der Waals surface area contributed by atoms with E-state index in [2.05, 4.69) is 43.4 Å².